The number of hydrogen-bond donors (Lipinski definition) is 1. The molecule has 2 aliphatic rings. The summed E-state index contributed by atoms with van der Waals surface area (Å²) in [5.74, 6) is -0.251. The molecule has 40 heavy (non-hydrogen) atoms. The minimum absolute atomic E-state index is 0.0586. The van der Waals surface area contributed by atoms with Crippen LogP contribution < -0.4 is 11.4 Å². The van der Waals surface area contributed by atoms with Gasteiger partial charge in [-0.05, 0) is 63.4 Å². The summed E-state index contributed by atoms with van der Waals surface area (Å²) in [6.07, 6.45) is 0.415. The van der Waals surface area contributed by atoms with Crippen LogP contribution in [0.25, 0.3) is 11.0 Å². The van der Waals surface area contributed by atoms with Crippen LogP contribution in [0.3, 0.4) is 0 Å². The maximum atomic E-state index is 14.0. The van der Waals surface area contributed by atoms with E-state index in [1.807, 2.05) is 4.90 Å². The predicted molar refractivity (Wildman–Crippen MR) is 141 cm³/mol. The first-order valence-electron chi connectivity index (χ1n) is 13.6. The number of carbonyl (C=O) groups is 1. The Morgan fingerprint density at radius 2 is 1.68 bits per heavy atom. The molecule has 2 fully saturated rings. The first kappa shape index (κ1) is 28.1. The van der Waals surface area contributed by atoms with Gasteiger partial charge >= 0.3 is 11.9 Å². The molecule has 1 amide bonds. The molecule has 4 heterocycles. The van der Waals surface area contributed by atoms with Gasteiger partial charge in [-0.1, -0.05) is 0 Å². The van der Waals surface area contributed by atoms with Crippen LogP contribution in [0, 0.1) is 11.7 Å². The second-order valence-corrected chi connectivity index (χ2v) is 10.7. The van der Waals surface area contributed by atoms with Gasteiger partial charge in [-0.3, -0.25) is 18.8 Å². The molecule has 2 aromatic heterocycles. The highest BCUT2D eigenvalue weighted by Crippen LogP contribution is 2.29. The predicted octanol–water partition coefficient (Wildman–Crippen LogP) is 3.73. The summed E-state index contributed by atoms with van der Waals surface area (Å²) in [7, 11) is 0. The second kappa shape index (κ2) is 11.6. The van der Waals surface area contributed by atoms with Crippen molar-refractivity contribution in [3.8, 4) is 0 Å². The third-order valence-electron chi connectivity index (χ3n) is 7.98. The number of nitrogens with two attached hydrogens (primary N) is 1. The number of rotatable bonds is 7. The zero-order valence-electron chi connectivity index (χ0n) is 22.1. The van der Waals surface area contributed by atoms with Crippen LogP contribution in [0.4, 0.5) is 23.5 Å². The summed E-state index contributed by atoms with van der Waals surface area (Å²) in [5, 5.41) is 0. The number of hydrogen-bond acceptors (Lipinski definition) is 6. The monoisotopic (exact) mass is 563 g/mol. The third kappa shape index (κ3) is 6.29. The van der Waals surface area contributed by atoms with E-state index in [1.165, 1.54) is 22.8 Å². The van der Waals surface area contributed by atoms with E-state index in [0.717, 1.165) is 31.5 Å². The number of amides is 1. The zero-order chi connectivity index (χ0) is 28.4. The molecule has 2 aliphatic heterocycles. The van der Waals surface area contributed by atoms with E-state index < -0.39 is 24.1 Å². The molecule has 13 heteroatoms. The van der Waals surface area contributed by atoms with Gasteiger partial charge in [0.05, 0.1) is 11.0 Å². The van der Waals surface area contributed by atoms with Crippen molar-refractivity contribution in [2.75, 3.05) is 31.9 Å². The first-order chi connectivity index (χ1) is 19.1. The van der Waals surface area contributed by atoms with Crippen LogP contribution in [0.2, 0.25) is 0 Å². The minimum atomic E-state index is -4.32. The summed E-state index contributed by atoms with van der Waals surface area (Å²) in [6, 6.07) is 3.74. The highest BCUT2D eigenvalue weighted by molar-refractivity contribution is 5.79. The number of halogens is 4. The van der Waals surface area contributed by atoms with E-state index in [-0.39, 0.29) is 36.8 Å². The molecule has 0 saturated carbocycles. The Kier molecular flexibility index (Phi) is 8.11. The highest BCUT2D eigenvalue weighted by atomic mass is 19.4. The lowest BCUT2D eigenvalue weighted by molar-refractivity contribution is -0.138. The fourth-order valence-corrected chi connectivity index (χ4v) is 5.90. The number of imidazole rings is 1. The molecule has 0 aliphatic carbocycles. The maximum absolute atomic E-state index is 14.0. The lowest BCUT2D eigenvalue weighted by Crippen LogP contribution is -2.46. The molecule has 3 aromatic rings. The van der Waals surface area contributed by atoms with Gasteiger partial charge in [-0.2, -0.15) is 13.2 Å². The maximum Gasteiger partial charge on any atom is 0.389 e. The van der Waals surface area contributed by atoms with E-state index in [9.17, 15) is 27.2 Å². The van der Waals surface area contributed by atoms with Crippen molar-refractivity contribution in [3.05, 3.63) is 52.5 Å². The van der Waals surface area contributed by atoms with E-state index >= 15 is 0 Å². The number of likely N-dealkylation sites (tertiary alicyclic amines) is 2. The van der Waals surface area contributed by atoms with Crippen LogP contribution in [0.5, 0.6) is 0 Å². The number of benzene rings is 1. The largest absolute Gasteiger partial charge is 0.389 e. The Morgan fingerprint density at radius 1 is 1.00 bits per heavy atom. The summed E-state index contributed by atoms with van der Waals surface area (Å²) >= 11 is 0. The molecule has 0 unspecified atom stereocenters. The Bertz CT molecular complexity index is 1390. The highest BCUT2D eigenvalue weighted by Gasteiger charge is 2.33. The quantitative estimate of drug-likeness (QED) is 0.440. The third-order valence-corrected chi connectivity index (χ3v) is 7.98. The standard InChI is InChI=1S/C27H33F4N7O2/c28-20-2-3-22-23(14-20)37(9-1-8-27(29,30)31)26(40)38(22)21-6-12-36(13-7-21)24(39)19-4-10-35(11-5-19)17-18-15-33-25(32)34-16-18/h2-3,14-16,19,21H,1,4-13,17H2,(H2,32,33,34). The van der Waals surface area contributed by atoms with Crippen molar-refractivity contribution in [1.82, 2.24) is 28.9 Å². The van der Waals surface area contributed by atoms with E-state index in [1.54, 1.807) is 17.0 Å². The first-order valence-corrected chi connectivity index (χ1v) is 13.6. The molecular formula is C27H33F4N7O2. The molecule has 0 spiro atoms. The number of aromatic nitrogens is 4. The van der Waals surface area contributed by atoms with Gasteiger partial charge in [0.25, 0.3) is 0 Å². The van der Waals surface area contributed by atoms with Crippen molar-refractivity contribution >= 4 is 22.9 Å². The SMILES string of the molecule is Nc1ncc(CN2CCC(C(=O)N3CCC(n4c(=O)n(CCCC(F)(F)F)c5cc(F)ccc54)CC3)CC2)cn1. The second-order valence-electron chi connectivity index (χ2n) is 10.7. The molecule has 1 aromatic carbocycles. The minimum Gasteiger partial charge on any atom is -0.368 e. The van der Waals surface area contributed by atoms with Gasteiger partial charge in [0, 0.05) is 62.5 Å². The average molecular weight is 564 g/mol. The molecule has 5 rings (SSSR count). The lowest BCUT2D eigenvalue weighted by Gasteiger charge is -2.37. The Labute approximate surface area is 228 Å². The molecule has 216 valence electrons. The molecule has 0 radical (unpaired) electrons. The fourth-order valence-electron chi connectivity index (χ4n) is 5.90. The van der Waals surface area contributed by atoms with Crippen molar-refractivity contribution in [1.29, 1.82) is 0 Å². The Morgan fingerprint density at radius 3 is 2.33 bits per heavy atom. The van der Waals surface area contributed by atoms with E-state index in [4.69, 9.17) is 5.73 Å². The van der Waals surface area contributed by atoms with Gasteiger partial charge in [-0.25, -0.2) is 19.2 Å². The average Bonchev–Trinajstić information content (AvgIpc) is 3.19. The van der Waals surface area contributed by atoms with Gasteiger partial charge in [0.2, 0.25) is 11.9 Å². The topological polar surface area (TPSA) is 102 Å². The van der Waals surface area contributed by atoms with Crippen molar-refractivity contribution in [3.63, 3.8) is 0 Å². The zero-order valence-corrected chi connectivity index (χ0v) is 22.1. The molecular weight excluding hydrogens is 530 g/mol. The number of nitrogens with zero attached hydrogens (tertiary/aromatic N) is 6. The molecule has 0 atom stereocenters. The van der Waals surface area contributed by atoms with Crippen LogP contribution in [0.1, 0.15) is 50.1 Å². The van der Waals surface area contributed by atoms with E-state index in [0.29, 0.717) is 43.5 Å². The number of piperidine rings is 2. The van der Waals surface area contributed by atoms with Crippen LogP contribution in [-0.4, -0.2) is 67.2 Å². The number of aryl methyl sites for hydroxylation is 1. The van der Waals surface area contributed by atoms with Gasteiger partial charge < -0.3 is 10.6 Å². The summed E-state index contributed by atoms with van der Waals surface area (Å²) in [4.78, 5) is 38.8. The van der Waals surface area contributed by atoms with Crippen LogP contribution >= 0.6 is 0 Å². The molecule has 2 N–H and O–H groups in total. The van der Waals surface area contributed by atoms with Crippen molar-refractivity contribution < 1.29 is 22.4 Å². The summed E-state index contributed by atoms with van der Waals surface area (Å²) < 4.78 is 54.9. The number of fused-ring (bicyclic) bond motifs is 1. The number of anilines is 1. The Hall–Kier alpha value is -3.48. The molecule has 0 bridgehead atoms. The number of carbonyl (C=O) groups excluding carboxylic acids is 1. The summed E-state index contributed by atoms with van der Waals surface area (Å²) in [5.41, 5.74) is 6.88. The van der Waals surface area contributed by atoms with Gasteiger partial charge in [0.15, 0.2) is 0 Å². The normalized spacial score (nSPS) is 18.1. The molecule has 2 saturated heterocycles. The van der Waals surface area contributed by atoms with Gasteiger partial charge in [-0.15, -0.1) is 0 Å². The van der Waals surface area contributed by atoms with Gasteiger partial charge in [0.1, 0.15) is 5.82 Å². The fraction of sp³-hybridized carbons (Fsp3) is 0.556. The number of nitrogen functional groups attached to an aromatic ring is 1. The smallest absolute Gasteiger partial charge is 0.368 e. The lowest BCUT2D eigenvalue weighted by atomic mass is 9.93. The summed E-state index contributed by atoms with van der Waals surface area (Å²) in [6.45, 7) is 3.11. The number of alkyl halides is 3. The van der Waals surface area contributed by atoms with Crippen LogP contribution in [0.15, 0.2) is 35.4 Å². The van der Waals surface area contributed by atoms with Crippen molar-refractivity contribution in [2.24, 2.45) is 5.92 Å². The van der Waals surface area contributed by atoms with Crippen LogP contribution in [-0.2, 0) is 17.9 Å². The van der Waals surface area contributed by atoms with E-state index in [2.05, 4.69) is 14.9 Å². The Balaban J connectivity index is 1.20. The van der Waals surface area contributed by atoms with Crippen molar-refractivity contribution in [2.45, 2.75) is 63.8 Å². The molecule has 9 nitrogen and oxygen atoms in total.